The fourth-order valence-corrected chi connectivity index (χ4v) is 4.05. The number of rotatable bonds is 2. The van der Waals surface area contributed by atoms with Crippen molar-refractivity contribution < 1.29 is 10.2 Å². The van der Waals surface area contributed by atoms with E-state index < -0.39 is 0 Å². The summed E-state index contributed by atoms with van der Waals surface area (Å²) < 4.78 is 0. The second-order valence-corrected chi connectivity index (χ2v) is 9.98. The van der Waals surface area contributed by atoms with Gasteiger partial charge in [-0.25, -0.2) is 0 Å². The first-order chi connectivity index (χ1) is 12.9. The number of hydrogen-bond acceptors (Lipinski definition) is 2. The van der Waals surface area contributed by atoms with E-state index in [0.29, 0.717) is 17.9 Å². The molecule has 2 nitrogen and oxygen atoms in total. The molecule has 3 rings (SSSR count). The maximum Gasteiger partial charge on any atom is 0.123 e. The molecule has 2 N–H and O–H groups in total. The zero-order chi connectivity index (χ0) is 20.9. The van der Waals surface area contributed by atoms with E-state index in [4.69, 9.17) is 0 Å². The lowest BCUT2D eigenvalue weighted by atomic mass is 9.80. The highest BCUT2D eigenvalue weighted by Crippen LogP contribution is 2.42. The second kappa shape index (κ2) is 6.84. The summed E-state index contributed by atoms with van der Waals surface area (Å²) in [6.07, 6.45) is 0.496. The molecule has 28 heavy (non-hydrogen) atoms. The Bertz CT molecular complexity index is 1030. The minimum atomic E-state index is -0.190. The molecule has 0 spiro atoms. The summed E-state index contributed by atoms with van der Waals surface area (Å²) >= 11 is 0. The monoisotopic (exact) mass is 376 g/mol. The summed E-state index contributed by atoms with van der Waals surface area (Å²) in [6.45, 7) is 14.8. The number of aryl methyl sites for hydroxylation is 1. The lowest BCUT2D eigenvalue weighted by molar-refractivity contribution is 0.436. The molecule has 2 heteroatoms. The molecule has 148 valence electrons. The summed E-state index contributed by atoms with van der Waals surface area (Å²) in [4.78, 5) is 0. The molecule has 0 amide bonds. The summed E-state index contributed by atoms with van der Waals surface area (Å²) in [5.74, 6) is 0.674. The maximum absolute atomic E-state index is 11.2. The van der Waals surface area contributed by atoms with Crippen LogP contribution in [0.5, 0.6) is 11.5 Å². The Kier molecular flexibility index (Phi) is 4.95. The van der Waals surface area contributed by atoms with Gasteiger partial charge in [0.05, 0.1) is 0 Å². The van der Waals surface area contributed by atoms with E-state index in [1.807, 2.05) is 18.2 Å². The van der Waals surface area contributed by atoms with Crippen LogP contribution in [-0.4, -0.2) is 10.2 Å². The fourth-order valence-electron chi connectivity index (χ4n) is 4.05. The summed E-state index contributed by atoms with van der Waals surface area (Å²) in [7, 11) is 0. The average molecular weight is 377 g/mol. The third-order valence-corrected chi connectivity index (χ3v) is 5.37. The smallest absolute Gasteiger partial charge is 0.123 e. The van der Waals surface area contributed by atoms with E-state index in [0.717, 1.165) is 38.6 Å². The van der Waals surface area contributed by atoms with E-state index in [9.17, 15) is 10.2 Å². The highest BCUT2D eigenvalue weighted by atomic mass is 16.3. The van der Waals surface area contributed by atoms with Crippen LogP contribution in [0.4, 0.5) is 0 Å². The van der Waals surface area contributed by atoms with Crippen molar-refractivity contribution in [3.8, 4) is 11.5 Å². The van der Waals surface area contributed by atoms with E-state index in [1.54, 1.807) is 0 Å². The molecule has 0 fully saturated rings. The molecular weight excluding hydrogens is 344 g/mol. The maximum atomic E-state index is 11.2. The third-order valence-electron chi connectivity index (χ3n) is 5.37. The second-order valence-electron chi connectivity index (χ2n) is 9.98. The normalized spacial score (nSPS) is 12.5. The minimum Gasteiger partial charge on any atom is -0.507 e. The lowest BCUT2D eigenvalue weighted by Crippen LogP contribution is -2.14. The molecule has 0 aliphatic rings. The Morgan fingerprint density at radius 1 is 0.750 bits per heavy atom. The summed E-state index contributed by atoms with van der Waals surface area (Å²) in [5, 5.41) is 24.4. The molecule has 0 radical (unpaired) electrons. The number of aromatic hydroxyl groups is 2. The van der Waals surface area contributed by atoms with Gasteiger partial charge in [-0.15, -0.1) is 0 Å². The molecule has 0 aromatic heterocycles. The number of phenolic OH excluding ortho intramolecular Hbond substituents is 2. The molecule has 0 aliphatic heterocycles. The third kappa shape index (κ3) is 3.73. The van der Waals surface area contributed by atoms with Crippen LogP contribution >= 0.6 is 0 Å². The Balaban J connectivity index is 2.22. The van der Waals surface area contributed by atoms with E-state index >= 15 is 0 Å². The lowest BCUT2D eigenvalue weighted by Gasteiger charge is -2.26. The van der Waals surface area contributed by atoms with Crippen LogP contribution in [0.3, 0.4) is 0 Å². The SMILES string of the molecule is Cc1cc(Cc2cc3ccccc3c(C(C)(C)C)c2O)c(O)c(C(C)(C)C)c1. The van der Waals surface area contributed by atoms with Crippen molar-refractivity contribution in [1.82, 2.24) is 0 Å². The molecule has 3 aromatic rings. The van der Waals surface area contributed by atoms with Crippen LogP contribution in [0.15, 0.2) is 42.5 Å². The Labute approximate surface area is 168 Å². The molecule has 0 unspecified atom stereocenters. The van der Waals surface area contributed by atoms with Gasteiger partial charge in [0.15, 0.2) is 0 Å². The predicted octanol–water partition coefficient (Wildman–Crippen LogP) is 6.75. The van der Waals surface area contributed by atoms with Gasteiger partial charge in [0, 0.05) is 12.0 Å². The molecule has 0 aliphatic carbocycles. The number of benzene rings is 3. The van der Waals surface area contributed by atoms with Crippen LogP contribution in [0.25, 0.3) is 10.8 Å². The van der Waals surface area contributed by atoms with Crippen molar-refractivity contribution in [2.45, 2.75) is 65.7 Å². The van der Waals surface area contributed by atoms with Gasteiger partial charge in [-0.05, 0) is 51.3 Å². The van der Waals surface area contributed by atoms with E-state index in [2.05, 4.69) is 72.7 Å². The van der Waals surface area contributed by atoms with Crippen LogP contribution < -0.4 is 0 Å². The van der Waals surface area contributed by atoms with Gasteiger partial charge in [-0.1, -0.05) is 83.5 Å². The van der Waals surface area contributed by atoms with Crippen molar-refractivity contribution in [1.29, 1.82) is 0 Å². The van der Waals surface area contributed by atoms with Gasteiger partial charge in [-0.3, -0.25) is 0 Å². The van der Waals surface area contributed by atoms with Crippen molar-refractivity contribution in [2.24, 2.45) is 0 Å². The molecular formula is C26H32O2. The number of hydrogen-bond donors (Lipinski definition) is 2. The van der Waals surface area contributed by atoms with Crippen LogP contribution in [0, 0.1) is 6.92 Å². The highest BCUT2D eigenvalue weighted by molar-refractivity contribution is 5.90. The van der Waals surface area contributed by atoms with Crippen molar-refractivity contribution >= 4 is 10.8 Å². The quantitative estimate of drug-likeness (QED) is 0.519. The first-order valence-corrected chi connectivity index (χ1v) is 9.96. The molecule has 3 aromatic carbocycles. The van der Waals surface area contributed by atoms with Gasteiger partial charge < -0.3 is 10.2 Å². The predicted molar refractivity (Wildman–Crippen MR) is 119 cm³/mol. The summed E-state index contributed by atoms with van der Waals surface area (Å²) in [6, 6.07) is 14.3. The van der Waals surface area contributed by atoms with Crippen LogP contribution in [0.2, 0.25) is 0 Å². The van der Waals surface area contributed by atoms with Gasteiger partial charge in [0.2, 0.25) is 0 Å². The van der Waals surface area contributed by atoms with Gasteiger partial charge in [0.1, 0.15) is 11.5 Å². The van der Waals surface area contributed by atoms with Crippen molar-refractivity contribution in [2.75, 3.05) is 0 Å². The standard InChI is InChI=1S/C26H32O2/c1-16-12-18(23(27)21(13-16)25(2,3)4)15-19-14-17-10-8-9-11-20(17)22(24(19)28)26(5,6)7/h8-14,27-28H,15H2,1-7H3. The number of phenols is 2. The van der Waals surface area contributed by atoms with Crippen LogP contribution in [-0.2, 0) is 17.3 Å². The Morgan fingerprint density at radius 2 is 1.36 bits per heavy atom. The zero-order valence-electron chi connectivity index (χ0n) is 18.1. The first-order valence-electron chi connectivity index (χ1n) is 9.96. The van der Waals surface area contributed by atoms with Crippen molar-refractivity contribution in [3.63, 3.8) is 0 Å². The molecule has 0 heterocycles. The molecule has 0 atom stereocenters. The zero-order valence-corrected chi connectivity index (χ0v) is 18.1. The van der Waals surface area contributed by atoms with Gasteiger partial charge in [-0.2, -0.15) is 0 Å². The topological polar surface area (TPSA) is 40.5 Å². The number of fused-ring (bicyclic) bond motifs is 1. The van der Waals surface area contributed by atoms with Crippen molar-refractivity contribution in [3.05, 3.63) is 70.3 Å². The van der Waals surface area contributed by atoms with Gasteiger partial charge >= 0.3 is 0 Å². The Morgan fingerprint density at radius 3 is 1.96 bits per heavy atom. The van der Waals surface area contributed by atoms with E-state index in [-0.39, 0.29) is 10.8 Å². The van der Waals surface area contributed by atoms with E-state index in [1.165, 1.54) is 0 Å². The first kappa shape index (κ1) is 20.3. The fraction of sp³-hybridized carbons (Fsp3) is 0.385. The Hall–Kier alpha value is -2.48. The largest absolute Gasteiger partial charge is 0.507 e. The minimum absolute atomic E-state index is 0.146. The van der Waals surface area contributed by atoms with Crippen LogP contribution in [0.1, 0.15) is 69.4 Å². The molecule has 0 saturated heterocycles. The average Bonchev–Trinajstić information content (AvgIpc) is 2.56. The highest BCUT2D eigenvalue weighted by Gasteiger charge is 2.25. The van der Waals surface area contributed by atoms with Gasteiger partial charge in [0.25, 0.3) is 0 Å². The summed E-state index contributed by atoms with van der Waals surface area (Å²) in [5.41, 5.74) is 4.40. The molecule has 0 saturated carbocycles. The molecule has 0 bridgehead atoms.